The van der Waals surface area contributed by atoms with Gasteiger partial charge in [0.2, 0.25) is 19.5 Å². The lowest BCUT2D eigenvalue weighted by Gasteiger charge is -2.10. The van der Waals surface area contributed by atoms with Gasteiger partial charge in [-0.1, -0.05) is 11.8 Å². The Hall–Kier alpha value is -4.45. The summed E-state index contributed by atoms with van der Waals surface area (Å²) < 4.78 is 26.2. The second kappa shape index (κ2) is 10.4. The number of nitrogens with zero attached hydrogens (tertiary/aromatic N) is 1. The zero-order valence-electron chi connectivity index (χ0n) is 18.6. The molecule has 36 heavy (non-hydrogen) atoms. The van der Waals surface area contributed by atoms with Crippen LogP contribution in [0.15, 0.2) is 59.8 Å². The van der Waals surface area contributed by atoms with Crippen molar-refractivity contribution < 1.29 is 38.1 Å². The van der Waals surface area contributed by atoms with Crippen LogP contribution in [0, 0.1) is 0 Å². The Morgan fingerprint density at radius 2 is 1.44 bits per heavy atom. The minimum Gasteiger partial charge on any atom is -0.454 e. The van der Waals surface area contributed by atoms with Gasteiger partial charge in [0.05, 0.1) is 11.3 Å². The molecule has 3 heterocycles. The van der Waals surface area contributed by atoms with Crippen LogP contribution in [0.2, 0.25) is 0 Å². The predicted molar refractivity (Wildman–Crippen MR) is 128 cm³/mol. The molecule has 5 rings (SSSR count). The number of anilines is 2. The zero-order chi connectivity index (χ0) is 24.9. The molecule has 3 aromatic rings. The maximum Gasteiger partial charge on any atom is 0.341 e. The molecule has 2 aliphatic heterocycles. The first kappa shape index (κ1) is 23.3. The molecule has 0 saturated carbocycles. The molecule has 0 saturated heterocycles. The van der Waals surface area contributed by atoms with Gasteiger partial charge in [-0.2, -0.15) is 0 Å². The molecule has 2 aromatic carbocycles. The van der Waals surface area contributed by atoms with E-state index < -0.39 is 18.5 Å². The van der Waals surface area contributed by atoms with E-state index in [4.69, 9.17) is 23.7 Å². The van der Waals surface area contributed by atoms with Gasteiger partial charge in [0.15, 0.2) is 29.6 Å². The van der Waals surface area contributed by atoms with Crippen molar-refractivity contribution in [2.24, 2.45) is 0 Å². The van der Waals surface area contributed by atoms with E-state index in [0.717, 1.165) is 11.8 Å². The standard InChI is InChI=1S/C24H19N3O8S/c28-21(26-14-3-5-17-19(8-14)34-12-32-17)10-31-24(30)16-2-1-7-25-23(16)36-11-22(29)27-15-4-6-18-20(9-15)35-13-33-18/h1-9H,10-13H2,(H,26,28)(H,27,29). The first-order chi connectivity index (χ1) is 17.5. The van der Waals surface area contributed by atoms with E-state index in [1.54, 1.807) is 42.5 Å². The van der Waals surface area contributed by atoms with E-state index in [-0.39, 0.29) is 30.8 Å². The van der Waals surface area contributed by atoms with Gasteiger partial charge in [-0.25, -0.2) is 9.78 Å². The SMILES string of the molecule is O=C(COC(=O)c1cccnc1SCC(=O)Nc1ccc2c(c1)OCO2)Nc1ccc2c(c1)OCO2. The number of esters is 1. The number of rotatable bonds is 8. The Labute approximate surface area is 209 Å². The minimum atomic E-state index is -0.734. The van der Waals surface area contributed by atoms with Crippen LogP contribution < -0.4 is 29.6 Å². The average molecular weight is 509 g/mol. The van der Waals surface area contributed by atoms with Gasteiger partial charge in [0.25, 0.3) is 5.91 Å². The Morgan fingerprint density at radius 3 is 2.11 bits per heavy atom. The fourth-order valence-electron chi connectivity index (χ4n) is 3.35. The summed E-state index contributed by atoms with van der Waals surface area (Å²) in [5, 5.41) is 5.70. The van der Waals surface area contributed by atoms with Crippen LogP contribution in [0.25, 0.3) is 0 Å². The third-order valence-corrected chi connectivity index (χ3v) is 5.98. The molecule has 0 spiro atoms. The number of fused-ring (bicyclic) bond motifs is 2. The van der Waals surface area contributed by atoms with Crippen molar-refractivity contribution in [3.8, 4) is 23.0 Å². The van der Waals surface area contributed by atoms with Gasteiger partial charge in [-0.15, -0.1) is 0 Å². The Balaban J connectivity index is 1.13. The number of carbonyl (C=O) groups is 3. The number of thioether (sulfide) groups is 1. The highest BCUT2D eigenvalue weighted by Crippen LogP contribution is 2.35. The Kier molecular flexibility index (Phi) is 6.76. The zero-order valence-corrected chi connectivity index (χ0v) is 19.5. The molecule has 2 aliphatic rings. The van der Waals surface area contributed by atoms with E-state index in [9.17, 15) is 14.4 Å². The summed E-state index contributed by atoms with van der Waals surface area (Å²) in [7, 11) is 0. The molecule has 0 unspecified atom stereocenters. The number of hydrogen-bond acceptors (Lipinski definition) is 10. The van der Waals surface area contributed by atoms with Crippen LogP contribution in [0.5, 0.6) is 23.0 Å². The van der Waals surface area contributed by atoms with Crippen LogP contribution in [-0.4, -0.2) is 48.7 Å². The predicted octanol–water partition coefficient (Wildman–Crippen LogP) is 3.07. The number of nitrogens with one attached hydrogen (secondary N) is 2. The molecule has 0 atom stereocenters. The second-order valence-electron chi connectivity index (χ2n) is 7.45. The average Bonchev–Trinajstić information content (AvgIpc) is 3.55. The van der Waals surface area contributed by atoms with Crippen molar-refractivity contribution in [1.29, 1.82) is 0 Å². The van der Waals surface area contributed by atoms with Gasteiger partial charge in [-0.05, 0) is 36.4 Å². The fraction of sp³-hybridized carbons (Fsp3) is 0.167. The first-order valence-corrected chi connectivity index (χ1v) is 11.7. The van der Waals surface area contributed by atoms with Crippen molar-refractivity contribution in [3.05, 3.63) is 60.3 Å². The summed E-state index contributed by atoms with van der Waals surface area (Å²) >= 11 is 1.07. The number of aromatic nitrogens is 1. The largest absolute Gasteiger partial charge is 0.454 e. The van der Waals surface area contributed by atoms with Gasteiger partial charge in [0, 0.05) is 29.7 Å². The summed E-state index contributed by atoms with van der Waals surface area (Å²) in [5.74, 6) is 0.713. The topological polar surface area (TPSA) is 134 Å². The minimum absolute atomic E-state index is 0.00364. The molecule has 12 heteroatoms. The van der Waals surface area contributed by atoms with E-state index in [1.807, 2.05) is 0 Å². The molecular formula is C24H19N3O8S. The number of carbonyl (C=O) groups excluding carboxylic acids is 3. The summed E-state index contributed by atoms with van der Waals surface area (Å²) in [5.41, 5.74) is 1.18. The summed E-state index contributed by atoms with van der Waals surface area (Å²) in [6, 6.07) is 13.1. The Bertz CT molecular complexity index is 1330. The van der Waals surface area contributed by atoms with Crippen molar-refractivity contribution in [3.63, 3.8) is 0 Å². The van der Waals surface area contributed by atoms with Gasteiger partial charge < -0.3 is 34.3 Å². The molecule has 0 fully saturated rings. The smallest absolute Gasteiger partial charge is 0.341 e. The highest BCUT2D eigenvalue weighted by atomic mass is 32.2. The van der Waals surface area contributed by atoms with Crippen LogP contribution in [0.4, 0.5) is 11.4 Å². The second-order valence-corrected chi connectivity index (χ2v) is 8.42. The normalized spacial score (nSPS) is 12.7. The van der Waals surface area contributed by atoms with Crippen LogP contribution >= 0.6 is 11.8 Å². The van der Waals surface area contributed by atoms with E-state index in [0.29, 0.717) is 39.4 Å². The van der Waals surface area contributed by atoms with Gasteiger partial charge >= 0.3 is 5.97 Å². The van der Waals surface area contributed by atoms with Crippen molar-refractivity contribution >= 4 is 40.9 Å². The number of benzene rings is 2. The summed E-state index contributed by atoms with van der Waals surface area (Å²) in [6.45, 7) is -0.242. The number of amides is 2. The molecule has 184 valence electrons. The molecule has 1 aromatic heterocycles. The Morgan fingerprint density at radius 1 is 0.833 bits per heavy atom. The van der Waals surface area contributed by atoms with E-state index >= 15 is 0 Å². The van der Waals surface area contributed by atoms with Crippen LogP contribution in [0.1, 0.15) is 10.4 Å². The third kappa shape index (κ3) is 5.44. The van der Waals surface area contributed by atoms with Crippen LogP contribution in [-0.2, 0) is 14.3 Å². The lowest BCUT2D eigenvalue weighted by Crippen LogP contribution is -2.21. The molecule has 0 aliphatic carbocycles. The monoisotopic (exact) mass is 509 g/mol. The first-order valence-electron chi connectivity index (χ1n) is 10.7. The van der Waals surface area contributed by atoms with Gasteiger partial charge in [-0.3, -0.25) is 9.59 Å². The summed E-state index contributed by atoms with van der Waals surface area (Å²) in [4.78, 5) is 41.4. The number of pyridine rings is 1. The molecule has 2 amide bonds. The lowest BCUT2D eigenvalue weighted by atomic mass is 10.3. The fourth-order valence-corrected chi connectivity index (χ4v) is 4.13. The van der Waals surface area contributed by atoms with E-state index in [2.05, 4.69) is 15.6 Å². The molecule has 0 radical (unpaired) electrons. The molecule has 0 bridgehead atoms. The van der Waals surface area contributed by atoms with E-state index in [1.165, 1.54) is 12.3 Å². The maximum atomic E-state index is 12.6. The van der Waals surface area contributed by atoms with Crippen molar-refractivity contribution in [1.82, 2.24) is 4.98 Å². The van der Waals surface area contributed by atoms with Crippen LogP contribution in [0.3, 0.4) is 0 Å². The molecule has 11 nitrogen and oxygen atoms in total. The molecular weight excluding hydrogens is 490 g/mol. The van der Waals surface area contributed by atoms with Gasteiger partial charge in [0.1, 0.15) is 5.03 Å². The maximum absolute atomic E-state index is 12.6. The highest BCUT2D eigenvalue weighted by Gasteiger charge is 2.19. The van der Waals surface area contributed by atoms with Crippen molar-refractivity contribution in [2.45, 2.75) is 5.03 Å². The highest BCUT2D eigenvalue weighted by molar-refractivity contribution is 8.00. The number of ether oxygens (including phenoxy) is 5. The number of hydrogen-bond donors (Lipinski definition) is 2. The summed E-state index contributed by atoms with van der Waals surface area (Å²) in [6.07, 6.45) is 1.50. The lowest BCUT2D eigenvalue weighted by molar-refractivity contribution is -0.119. The quantitative estimate of drug-likeness (QED) is 0.345. The molecule has 2 N–H and O–H groups in total. The van der Waals surface area contributed by atoms with Crippen molar-refractivity contribution in [2.75, 3.05) is 36.6 Å². The third-order valence-electron chi connectivity index (χ3n) is 4.98.